The Hall–Kier alpha value is -0.0725. The summed E-state index contributed by atoms with van der Waals surface area (Å²) in [6.45, 7) is 18.0. The first-order chi connectivity index (χ1) is 12.8. The smallest absolute Gasteiger partial charge is 0.315 e. The Morgan fingerprint density at radius 3 is 1.57 bits per heavy atom. The summed E-state index contributed by atoms with van der Waals surface area (Å²) in [7, 11) is -8.29. The maximum Gasteiger partial charge on any atom is 0.315 e. The fourth-order valence-corrected chi connectivity index (χ4v) is 22.0. The highest BCUT2D eigenvalue weighted by Crippen LogP contribution is 2.31. The molecule has 0 amide bonds. The first-order valence-electron chi connectivity index (χ1n) is 10.5. The molecule has 0 aliphatic carbocycles. The van der Waals surface area contributed by atoms with E-state index in [0.29, 0.717) is 0 Å². The Morgan fingerprint density at radius 2 is 1.14 bits per heavy atom. The molecule has 28 heavy (non-hydrogen) atoms. The summed E-state index contributed by atoms with van der Waals surface area (Å²) < 4.78 is 20.2. The van der Waals surface area contributed by atoms with Crippen molar-refractivity contribution in [3.05, 3.63) is 35.9 Å². The SMILES string of the molecule is C[Si](C)(C)O[Si](C)(CCCO)O[Si](C)(CCCc1ccccc1)O[Si](C)(C)C. The molecule has 0 saturated carbocycles. The van der Waals surface area contributed by atoms with E-state index < -0.39 is 33.8 Å². The van der Waals surface area contributed by atoms with Gasteiger partial charge in [-0.15, -0.1) is 0 Å². The number of hydrogen-bond donors (Lipinski definition) is 1. The van der Waals surface area contributed by atoms with Crippen LogP contribution in [0.25, 0.3) is 0 Å². The van der Waals surface area contributed by atoms with Crippen molar-refractivity contribution in [2.45, 2.75) is 83.7 Å². The van der Waals surface area contributed by atoms with Crippen LogP contribution in [-0.4, -0.2) is 45.5 Å². The molecule has 2 atom stereocenters. The maximum absolute atomic E-state index is 9.39. The van der Waals surface area contributed by atoms with E-state index in [2.05, 4.69) is 82.7 Å². The molecule has 0 saturated heterocycles. The van der Waals surface area contributed by atoms with Crippen LogP contribution in [0.15, 0.2) is 30.3 Å². The molecule has 1 rings (SSSR count). The summed E-state index contributed by atoms with van der Waals surface area (Å²) in [4.78, 5) is 0. The molecule has 8 heteroatoms. The molecule has 162 valence electrons. The van der Waals surface area contributed by atoms with Crippen molar-refractivity contribution in [1.29, 1.82) is 0 Å². The van der Waals surface area contributed by atoms with Gasteiger partial charge in [-0.1, -0.05) is 30.3 Å². The van der Waals surface area contributed by atoms with Crippen molar-refractivity contribution in [2.24, 2.45) is 0 Å². The van der Waals surface area contributed by atoms with Crippen LogP contribution >= 0.6 is 0 Å². The van der Waals surface area contributed by atoms with E-state index >= 15 is 0 Å². The fourth-order valence-electron chi connectivity index (χ4n) is 3.66. The highest BCUT2D eigenvalue weighted by molar-refractivity contribution is 6.89. The summed E-state index contributed by atoms with van der Waals surface area (Å²) in [5, 5.41) is 9.39. The van der Waals surface area contributed by atoms with Crippen molar-refractivity contribution in [1.82, 2.24) is 0 Å². The van der Waals surface area contributed by atoms with Gasteiger partial charge in [0.1, 0.15) is 0 Å². The molecular formula is C20H42O4Si4. The van der Waals surface area contributed by atoms with Gasteiger partial charge in [0.15, 0.2) is 16.6 Å². The monoisotopic (exact) mass is 458 g/mol. The molecule has 0 heterocycles. The highest BCUT2D eigenvalue weighted by Gasteiger charge is 2.46. The second kappa shape index (κ2) is 10.8. The number of aliphatic hydroxyl groups is 1. The average molecular weight is 459 g/mol. The molecular weight excluding hydrogens is 417 g/mol. The van der Waals surface area contributed by atoms with Gasteiger partial charge in [-0.05, 0) is 89.3 Å². The zero-order valence-electron chi connectivity index (χ0n) is 19.3. The van der Waals surface area contributed by atoms with E-state index in [0.717, 1.165) is 31.4 Å². The lowest BCUT2D eigenvalue weighted by atomic mass is 10.1. The van der Waals surface area contributed by atoms with Gasteiger partial charge in [0.25, 0.3) is 0 Å². The topological polar surface area (TPSA) is 47.9 Å². The zero-order chi connectivity index (χ0) is 21.5. The minimum atomic E-state index is -2.41. The first-order valence-corrected chi connectivity index (χ1v) is 22.4. The summed E-state index contributed by atoms with van der Waals surface area (Å²) >= 11 is 0. The Balaban J connectivity index is 2.94. The van der Waals surface area contributed by atoms with Gasteiger partial charge in [0.05, 0.1) is 0 Å². The largest absolute Gasteiger partial charge is 0.437 e. The van der Waals surface area contributed by atoms with Crippen molar-refractivity contribution >= 4 is 33.8 Å². The summed E-state index contributed by atoms with van der Waals surface area (Å²) in [6, 6.07) is 12.4. The van der Waals surface area contributed by atoms with Crippen LogP contribution in [0.2, 0.25) is 64.5 Å². The second-order valence-electron chi connectivity index (χ2n) is 9.96. The third-order valence-electron chi connectivity index (χ3n) is 4.20. The predicted octanol–water partition coefficient (Wildman–Crippen LogP) is 5.87. The molecule has 0 radical (unpaired) electrons. The second-order valence-corrected chi connectivity index (χ2v) is 26.4. The van der Waals surface area contributed by atoms with Crippen LogP contribution in [0, 0.1) is 0 Å². The molecule has 0 aliphatic heterocycles. The molecule has 0 spiro atoms. The summed E-state index contributed by atoms with van der Waals surface area (Å²) in [5.41, 5.74) is 1.37. The van der Waals surface area contributed by atoms with Crippen LogP contribution in [0.3, 0.4) is 0 Å². The zero-order valence-corrected chi connectivity index (χ0v) is 23.3. The van der Waals surface area contributed by atoms with E-state index in [1.807, 2.05) is 0 Å². The standard InChI is InChI=1S/C20H42O4Si4/c1-25(2,3)22-27(7,18-12-16-20-14-10-9-11-15-20)24-28(8,19-13-17-21)23-26(4,5)6/h9-11,14-15,21H,12-13,16-19H2,1-8H3. The lowest BCUT2D eigenvalue weighted by Gasteiger charge is -2.43. The van der Waals surface area contributed by atoms with E-state index in [4.69, 9.17) is 12.3 Å². The Morgan fingerprint density at radius 1 is 0.679 bits per heavy atom. The van der Waals surface area contributed by atoms with Gasteiger partial charge >= 0.3 is 17.1 Å². The lowest BCUT2D eigenvalue weighted by Crippen LogP contribution is -2.58. The quantitative estimate of drug-likeness (QED) is 0.376. The van der Waals surface area contributed by atoms with Crippen LogP contribution in [0.1, 0.15) is 18.4 Å². The van der Waals surface area contributed by atoms with Gasteiger partial charge in [0, 0.05) is 6.61 Å². The summed E-state index contributed by atoms with van der Waals surface area (Å²) in [5.74, 6) is 0. The number of hydrogen-bond acceptors (Lipinski definition) is 4. The van der Waals surface area contributed by atoms with Crippen LogP contribution in [0.5, 0.6) is 0 Å². The Kier molecular flexibility index (Phi) is 10.0. The molecule has 1 aromatic rings. The van der Waals surface area contributed by atoms with Gasteiger partial charge in [-0.25, -0.2) is 0 Å². The third-order valence-corrected chi connectivity index (χ3v) is 18.5. The molecule has 1 aromatic carbocycles. The van der Waals surface area contributed by atoms with E-state index in [1.165, 1.54) is 5.56 Å². The van der Waals surface area contributed by atoms with Crippen molar-refractivity contribution in [3.8, 4) is 0 Å². The molecule has 0 fully saturated rings. The molecule has 0 bridgehead atoms. The minimum Gasteiger partial charge on any atom is -0.437 e. The van der Waals surface area contributed by atoms with Crippen molar-refractivity contribution in [3.63, 3.8) is 0 Å². The first kappa shape index (κ1) is 26.0. The maximum atomic E-state index is 9.39. The lowest BCUT2D eigenvalue weighted by molar-refractivity contribution is 0.278. The van der Waals surface area contributed by atoms with Gasteiger partial charge < -0.3 is 17.5 Å². The normalized spacial score (nSPS) is 17.2. The van der Waals surface area contributed by atoms with Crippen molar-refractivity contribution < 1.29 is 17.5 Å². The van der Waals surface area contributed by atoms with E-state index in [-0.39, 0.29) is 6.61 Å². The van der Waals surface area contributed by atoms with Crippen LogP contribution in [0.4, 0.5) is 0 Å². The third kappa shape index (κ3) is 11.2. The Labute approximate surface area is 177 Å². The number of rotatable bonds is 13. The van der Waals surface area contributed by atoms with Gasteiger partial charge in [0.2, 0.25) is 0 Å². The number of aliphatic hydroxyl groups excluding tert-OH is 1. The highest BCUT2D eigenvalue weighted by atomic mass is 28.5. The predicted molar refractivity (Wildman–Crippen MR) is 129 cm³/mol. The molecule has 4 nitrogen and oxygen atoms in total. The molecule has 1 N–H and O–H groups in total. The fraction of sp³-hybridized carbons (Fsp3) is 0.700. The molecule has 0 aliphatic rings. The molecule has 0 aromatic heterocycles. The summed E-state index contributed by atoms with van der Waals surface area (Å²) in [6.07, 6.45) is 2.84. The van der Waals surface area contributed by atoms with E-state index in [1.54, 1.807) is 0 Å². The minimum absolute atomic E-state index is 0.183. The number of benzene rings is 1. The van der Waals surface area contributed by atoms with Crippen LogP contribution < -0.4 is 0 Å². The Bertz CT molecular complexity index is 574. The van der Waals surface area contributed by atoms with Gasteiger partial charge in [-0.2, -0.15) is 0 Å². The van der Waals surface area contributed by atoms with Gasteiger partial charge in [-0.3, -0.25) is 0 Å². The van der Waals surface area contributed by atoms with E-state index in [9.17, 15) is 5.11 Å². The van der Waals surface area contributed by atoms with Crippen LogP contribution in [-0.2, 0) is 18.8 Å². The number of aryl methyl sites for hydroxylation is 1. The van der Waals surface area contributed by atoms with Crippen molar-refractivity contribution in [2.75, 3.05) is 6.61 Å². The molecule has 2 unspecified atom stereocenters. The average Bonchev–Trinajstić information content (AvgIpc) is 2.50.